The number of anilines is 1. The minimum atomic E-state index is -0.988. The largest absolute Gasteiger partial charge is 0.453 e. The van der Waals surface area contributed by atoms with Crippen molar-refractivity contribution in [1.82, 2.24) is 14.6 Å². The molecule has 1 atom stereocenters. The molecule has 1 aromatic carbocycles. The maximum absolute atomic E-state index is 12.3. The minimum Gasteiger partial charge on any atom is -0.453 e. The van der Waals surface area contributed by atoms with E-state index in [0.29, 0.717) is 17.7 Å². The van der Waals surface area contributed by atoms with E-state index in [2.05, 4.69) is 15.4 Å². The maximum atomic E-state index is 12.3. The highest BCUT2D eigenvalue weighted by molar-refractivity contribution is 6.32. The van der Waals surface area contributed by atoms with E-state index in [9.17, 15) is 9.59 Å². The van der Waals surface area contributed by atoms with Crippen molar-refractivity contribution in [2.24, 2.45) is 0 Å². The first kappa shape index (κ1) is 22.2. The average Bonchev–Trinajstić information content (AvgIpc) is 3.08. The molecule has 0 bridgehead atoms. The molecule has 0 radical (unpaired) electrons. The summed E-state index contributed by atoms with van der Waals surface area (Å²) in [5, 5.41) is 16.2. The van der Waals surface area contributed by atoms with E-state index in [-0.39, 0.29) is 11.4 Å². The van der Waals surface area contributed by atoms with Gasteiger partial charge in [0.1, 0.15) is 6.07 Å². The van der Waals surface area contributed by atoms with E-state index in [4.69, 9.17) is 21.6 Å². The first-order valence-corrected chi connectivity index (χ1v) is 10.1. The van der Waals surface area contributed by atoms with Crippen LogP contribution in [0.15, 0.2) is 24.3 Å². The predicted octanol–water partition coefficient (Wildman–Crippen LogP) is 3.68. The highest BCUT2D eigenvalue weighted by Gasteiger charge is 2.19. The van der Waals surface area contributed by atoms with Crippen LogP contribution in [0.25, 0.3) is 5.65 Å². The van der Waals surface area contributed by atoms with Crippen molar-refractivity contribution >= 4 is 34.8 Å². The fraction of sp³-hybridized carbons (Fsp3) is 0.318. The molecular formula is C22H22ClN5O3. The second-order valence-electron chi connectivity index (χ2n) is 7.24. The van der Waals surface area contributed by atoms with Crippen molar-refractivity contribution in [3.63, 3.8) is 0 Å². The van der Waals surface area contributed by atoms with Crippen LogP contribution < -0.4 is 5.32 Å². The normalized spacial score (nSPS) is 11.7. The molecule has 0 saturated heterocycles. The lowest BCUT2D eigenvalue weighted by atomic mass is 10.1. The molecular weight excluding hydrogens is 418 g/mol. The van der Waals surface area contributed by atoms with Crippen molar-refractivity contribution in [3.8, 4) is 6.07 Å². The molecule has 0 aliphatic heterocycles. The van der Waals surface area contributed by atoms with Crippen molar-refractivity contribution < 1.29 is 14.3 Å². The number of carbonyl (C=O) groups excluding carboxylic acids is 2. The Hall–Kier alpha value is -3.44. The number of aromatic nitrogens is 3. The van der Waals surface area contributed by atoms with Gasteiger partial charge in [-0.05, 0) is 57.9 Å². The maximum Gasteiger partial charge on any atom is 0.306 e. The number of rotatable bonds is 6. The van der Waals surface area contributed by atoms with Gasteiger partial charge in [0, 0.05) is 29.6 Å². The zero-order valence-corrected chi connectivity index (χ0v) is 18.4. The molecule has 1 N–H and O–H groups in total. The predicted molar refractivity (Wildman–Crippen MR) is 116 cm³/mol. The Bertz CT molecular complexity index is 1210. The lowest BCUT2D eigenvalue weighted by Gasteiger charge is -2.15. The van der Waals surface area contributed by atoms with E-state index in [1.54, 1.807) is 10.6 Å². The summed E-state index contributed by atoms with van der Waals surface area (Å²) in [6.45, 7) is 7.23. The number of nitriles is 1. The van der Waals surface area contributed by atoms with Crippen molar-refractivity contribution in [2.45, 2.75) is 46.6 Å². The number of ether oxygens (including phenoxy) is 1. The van der Waals surface area contributed by atoms with Crippen LogP contribution in [-0.4, -0.2) is 32.6 Å². The Morgan fingerprint density at radius 1 is 1.29 bits per heavy atom. The molecule has 0 aliphatic rings. The van der Waals surface area contributed by atoms with E-state index in [0.717, 1.165) is 28.3 Å². The van der Waals surface area contributed by atoms with Crippen molar-refractivity contribution in [2.75, 3.05) is 5.32 Å². The molecule has 0 spiro atoms. The van der Waals surface area contributed by atoms with Gasteiger partial charge in [0.25, 0.3) is 5.91 Å². The SMILES string of the molecule is Cc1cc2nc(C)c(CCC(=O)OC(C)C(=O)Nc3ccc(C#N)c(Cl)c3)c(C)n2n1. The van der Waals surface area contributed by atoms with Crippen LogP contribution in [0.5, 0.6) is 0 Å². The lowest BCUT2D eigenvalue weighted by molar-refractivity contribution is -0.153. The smallest absolute Gasteiger partial charge is 0.306 e. The Balaban J connectivity index is 1.59. The Kier molecular flexibility index (Phi) is 6.56. The summed E-state index contributed by atoms with van der Waals surface area (Å²) < 4.78 is 7.04. The molecule has 8 nitrogen and oxygen atoms in total. The van der Waals surface area contributed by atoms with Crippen LogP contribution in [-0.2, 0) is 20.7 Å². The number of aryl methyl sites for hydroxylation is 3. The topological polar surface area (TPSA) is 109 Å². The van der Waals surface area contributed by atoms with Gasteiger partial charge < -0.3 is 10.1 Å². The Morgan fingerprint density at radius 3 is 2.71 bits per heavy atom. The molecule has 3 aromatic rings. The van der Waals surface area contributed by atoms with Gasteiger partial charge in [-0.2, -0.15) is 10.4 Å². The number of hydrogen-bond acceptors (Lipinski definition) is 6. The monoisotopic (exact) mass is 439 g/mol. The summed E-state index contributed by atoms with van der Waals surface area (Å²) in [6, 6.07) is 8.38. The number of benzene rings is 1. The zero-order valence-electron chi connectivity index (χ0n) is 17.7. The zero-order chi connectivity index (χ0) is 22.7. The van der Waals surface area contributed by atoms with Crippen LogP contribution in [0, 0.1) is 32.1 Å². The summed E-state index contributed by atoms with van der Waals surface area (Å²) in [6.07, 6.45) is -0.452. The fourth-order valence-corrected chi connectivity index (χ4v) is 3.49. The number of halogens is 1. The third-order valence-corrected chi connectivity index (χ3v) is 5.21. The van der Waals surface area contributed by atoms with Crippen LogP contribution in [0.3, 0.4) is 0 Å². The number of amides is 1. The number of fused-ring (bicyclic) bond motifs is 1. The third-order valence-electron chi connectivity index (χ3n) is 4.90. The number of carbonyl (C=O) groups is 2. The molecule has 0 aliphatic carbocycles. The summed E-state index contributed by atoms with van der Waals surface area (Å²) in [7, 11) is 0. The van der Waals surface area contributed by atoms with Crippen LogP contribution in [0.2, 0.25) is 5.02 Å². The highest BCUT2D eigenvalue weighted by Crippen LogP contribution is 2.21. The molecule has 1 unspecified atom stereocenters. The minimum absolute atomic E-state index is 0.107. The second kappa shape index (κ2) is 9.14. The van der Waals surface area contributed by atoms with Gasteiger partial charge in [-0.15, -0.1) is 0 Å². The molecule has 0 fully saturated rings. The molecule has 3 rings (SSSR count). The summed E-state index contributed by atoms with van der Waals surface area (Å²) in [5.41, 5.74) is 5.05. The van der Waals surface area contributed by atoms with Gasteiger partial charge >= 0.3 is 5.97 Å². The van der Waals surface area contributed by atoms with Crippen molar-refractivity contribution in [3.05, 3.63) is 57.5 Å². The summed E-state index contributed by atoms with van der Waals surface area (Å²) in [4.78, 5) is 29.2. The van der Waals surface area contributed by atoms with Crippen LogP contribution >= 0.6 is 11.6 Å². The van der Waals surface area contributed by atoms with E-state index >= 15 is 0 Å². The second-order valence-corrected chi connectivity index (χ2v) is 7.65. The summed E-state index contributed by atoms with van der Waals surface area (Å²) in [5.74, 6) is -0.979. The Labute approximate surface area is 184 Å². The van der Waals surface area contributed by atoms with Crippen LogP contribution in [0.1, 0.15) is 41.6 Å². The average molecular weight is 440 g/mol. The molecule has 9 heteroatoms. The Morgan fingerprint density at radius 2 is 2.03 bits per heavy atom. The van der Waals surface area contributed by atoms with Crippen molar-refractivity contribution in [1.29, 1.82) is 5.26 Å². The van der Waals surface area contributed by atoms with Crippen LogP contribution in [0.4, 0.5) is 5.69 Å². The van der Waals surface area contributed by atoms with Gasteiger partial charge in [0.05, 0.1) is 16.3 Å². The fourth-order valence-electron chi connectivity index (χ4n) is 3.27. The lowest BCUT2D eigenvalue weighted by Crippen LogP contribution is -2.30. The van der Waals surface area contributed by atoms with Gasteiger partial charge in [0.2, 0.25) is 0 Å². The first-order chi connectivity index (χ1) is 14.7. The van der Waals surface area contributed by atoms with E-state index in [1.807, 2.05) is 32.9 Å². The number of nitrogens with zero attached hydrogens (tertiary/aromatic N) is 4. The van der Waals surface area contributed by atoms with E-state index in [1.165, 1.54) is 19.1 Å². The van der Waals surface area contributed by atoms with Gasteiger partial charge in [-0.3, -0.25) is 9.59 Å². The molecule has 0 saturated carbocycles. The van der Waals surface area contributed by atoms with Gasteiger partial charge in [-0.25, -0.2) is 9.50 Å². The number of esters is 1. The highest BCUT2D eigenvalue weighted by atomic mass is 35.5. The molecule has 160 valence electrons. The first-order valence-electron chi connectivity index (χ1n) is 9.72. The molecule has 31 heavy (non-hydrogen) atoms. The molecule has 2 aromatic heterocycles. The van der Waals surface area contributed by atoms with Gasteiger partial charge in [-0.1, -0.05) is 11.6 Å². The quantitative estimate of drug-likeness (QED) is 0.586. The third kappa shape index (κ3) is 5.01. The number of hydrogen-bond donors (Lipinski definition) is 1. The standard InChI is InChI=1S/C22H22ClN5O3/c1-12-9-20-25-13(2)18(14(3)28(20)27-12)7-8-21(29)31-15(4)22(30)26-17-6-5-16(11-24)19(23)10-17/h5-6,9-10,15H,7-8H2,1-4H3,(H,26,30). The van der Waals surface area contributed by atoms with E-state index < -0.39 is 18.0 Å². The molecule has 2 heterocycles. The molecule has 1 amide bonds. The van der Waals surface area contributed by atoms with Gasteiger partial charge in [0.15, 0.2) is 11.8 Å². The number of nitrogens with one attached hydrogen (secondary N) is 1. The summed E-state index contributed by atoms with van der Waals surface area (Å²) >= 11 is 5.97.